The number of anilines is 1. The number of hydrogen-bond acceptors (Lipinski definition) is 5. The van der Waals surface area contributed by atoms with Gasteiger partial charge in [0.25, 0.3) is 5.91 Å². The molecule has 0 radical (unpaired) electrons. The van der Waals surface area contributed by atoms with Gasteiger partial charge in [-0.05, 0) is 30.3 Å². The minimum atomic E-state index is -4.63. The van der Waals surface area contributed by atoms with Crippen molar-refractivity contribution in [2.24, 2.45) is 16.7 Å². The standard InChI is InChI=1S/C17H17ClF3N5O2/c1-26(23)25-16(22)10-3-2-4-12(7-10)28-9-15(27)24-11-5-6-14(18)13(8-11)17(19,20)21/h2-8H,9,23H2,1H3,(H2,22,25)(H,24,27). The second-order valence-electron chi connectivity index (χ2n) is 5.62. The van der Waals surface area contributed by atoms with Crippen molar-refractivity contribution < 1.29 is 22.7 Å². The molecule has 7 nitrogen and oxygen atoms in total. The number of benzene rings is 2. The molecule has 0 aliphatic heterocycles. The fourth-order valence-corrected chi connectivity index (χ4v) is 2.36. The van der Waals surface area contributed by atoms with E-state index in [9.17, 15) is 18.0 Å². The van der Waals surface area contributed by atoms with E-state index < -0.39 is 29.3 Å². The lowest BCUT2D eigenvalue weighted by molar-refractivity contribution is -0.137. The van der Waals surface area contributed by atoms with Gasteiger partial charge >= 0.3 is 6.18 Å². The fraction of sp³-hybridized carbons (Fsp3) is 0.176. The Hall–Kier alpha value is -2.98. The molecule has 0 unspecified atom stereocenters. The number of hydrazone groups is 1. The Morgan fingerprint density at radius 1 is 1.29 bits per heavy atom. The molecule has 2 aromatic carbocycles. The molecule has 1 amide bonds. The largest absolute Gasteiger partial charge is 0.484 e. The summed E-state index contributed by atoms with van der Waals surface area (Å²) < 4.78 is 43.9. The summed E-state index contributed by atoms with van der Waals surface area (Å²) in [5.74, 6) is 5.20. The lowest BCUT2D eigenvalue weighted by atomic mass is 10.2. The first-order valence-corrected chi connectivity index (χ1v) is 8.16. The van der Waals surface area contributed by atoms with Crippen LogP contribution in [0.2, 0.25) is 5.02 Å². The van der Waals surface area contributed by atoms with Gasteiger partial charge in [0.15, 0.2) is 12.4 Å². The van der Waals surface area contributed by atoms with Gasteiger partial charge in [0, 0.05) is 18.3 Å². The molecule has 150 valence electrons. The molecule has 0 fully saturated rings. The van der Waals surface area contributed by atoms with E-state index >= 15 is 0 Å². The number of alkyl halides is 3. The molecule has 0 saturated heterocycles. The second kappa shape index (κ2) is 8.81. The van der Waals surface area contributed by atoms with Gasteiger partial charge in [-0.15, -0.1) is 5.10 Å². The molecule has 0 aromatic heterocycles. The average molecular weight is 416 g/mol. The number of halogens is 4. The topological polar surface area (TPSA) is 106 Å². The molecule has 0 saturated carbocycles. The third kappa shape index (κ3) is 6.03. The Kier molecular flexibility index (Phi) is 6.71. The molecular formula is C17H17ClF3N5O2. The molecular weight excluding hydrogens is 399 g/mol. The van der Waals surface area contributed by atoms with Crippen molar-refractivity contribution in [2.45, 2.75) is 6.18 Å². The van der Waals surface area contributed by atoms with Crippen LogP contribution < -0.4 is 21.6 Å². The summed E-state index contributed by atoms with van der Waals surface area (Å²) in [6.07, 6.45) is -4.63. The molecule has 0 aliphatic rings. The summed E-state index contributed by atoms with van der Waals surface area (Å²) in [4.78, 5) is 12.0. The molecule has 28 heavy (non-hydrogen) atoms. The number of nitrogens with zero attached hydrogens (tertiary/aromatic N) is 2. The van der Waals surface area contributed by atoms with Crippen molar-refractivity contribution in [2.75, 3.05) is 19.0 Å². The van der Waals surface area contributed by atoms with Crippen molar-refractivity contribution in [3.8, 4) is 5.75 Å². The Bertz CT molecular complexity index is 887. The highest BCUT2D eigenvalue weighted by Gasteiger charge is 2.33. The van der Waals surface area contributed by atoms with Crippen LogP contribution in [0.5, 0.6) is 5.75 Å². The molecule has 11 heteroatoms. The average Bonchev–Trinajstić information content (AvgIpc) is 2.60. The van der Waals surface area contributed by atoms with E-state index in [4.69, 9.17) is 27.9 Å². The van der Waals surface area contributed by atoms with Gasteiger partial charge in [-0.3, -0.25) is 4.79 Å². The van der Waals surface area contributed by atoms with Crippen molar-refractivity contribution in [3.63, 3.8) is 0 Å². The number of nitrogens with two attached hydrogens (primary N) is 2. The van der Waals surface area contributed by atoms with Gasteiger partial charge < -0.3 is 15.8 Å². The van der Waals surface area contributed by atoms with E-state index in [1.807, 2.05) is 0 Å². The number of rotatable bonds is 6. The van der Waals surface area contributed by atoms with Gasteiger partial charge in [-0.1, -0.05) is 23.7 Å². The summed E-state index contributed by atoms with van der Waals surface area (Å²) >= 11 is 5.54. The van der Waals surface area contributed by atoms with Crippen LogP contribution >= 0.6 is 11.6 Å². The maximum atomic E-state index is 12.9. The number of amides is 1. The lowest BCUT2D eigenvalue weighted by Crippen LogP contribution is -2.25. The summed E-state index contributed by atoms with van der Waals surface area (Å²) in [6, 6.07) is 9.50. The van der Waals surface area contributed by atoms with E-state index in [2.05, 4.69) is 10.4 Å². The van der Waals surface area contributed by atoms with Crippen LogP contribution in [0.15, 0.2) is 47.6 Å². The predicted octanol–water partition coefficient (Wildman–Crippen LogP) is 2.80. The van der Waals surface area contributed by atoms with Gasteiger partial charge in [0.1, 0.15) is 5.75 Å². The molecule has 2 rings (SSSR count). The zero-order chi connectivity index (χ0) is 20.9. The number of amidine groups is 1. The maximum Gasteiger partial charge on any atom is 0.417 e. The Morgan fingerprint density at radius 2 is 2.00 bits per heavy atom. The number of carbonyl (C=O) groups excluding carboxylic acids is 1. The maximum absolute atomic E-state index is 12.9. The number of nitrogens with one attached hydrogen (secondary N) is 1. The third-order valence-corrected chi connectivity index (χ3v) is 3.65. The second-order valence-corrected chi connectivity index (χ2v) is 6.02. The van der Waals surface area contributed by atoms with E-state index in [0.717, 1.165) is 17.3 Å². The Labute approximate surface area is 163 Å². The van der Waals surface area contributed by atoms with Crippen LogP contribution in [0.4, 0.5) is 18.9 Å². The molecule has 2 aromatic rings. The van der Waals surface area contributed by atoms with Crippen LogP contribution in [-0.4, -0.2) is 30.5 Å². The van der Waals surface area contributed by atoms with Gasteiger partial charge in [-0.2, -0.15) is 13.2 Å². The summed E-state index contributed by atoms with van der Waals surface area (Å²) in [5.41, 5.74) is 5.20. The first kappa shape index (κ1) is 21.3. The first-order chi connectivity index (χ1) is 13.1. The minimum absolute atomic E-state index is 0.0542. The van der Waals surface area contributed by atoms with E-state index in [-0.39, 0.29) is 11.5 Å². The molecule has 0 aliphatic carbocycles. The highest BCUT2D eigenvalue weighted by Crippen LogP contribution is 2.36. The predicted molar refractivity (Wildman–Crippen MR) is 99.7 cm³/mol. The summed E-state index contributed by atoms with van der Waals surface area (Å²) in [5, 5.41) is 6.75. The molecule has 5 N–H and O–H groups in total. The zero-order valence-corrected chi connectivity index (χ0v) is 15.4. The van der Waals surface area contributed by atoms with E-state index in [0.29, 0.717) is 11.3 Å². The normalized spacial score (nSPS) is 11.9. The Balaban J connectivity index is 2.02. The van der Waals surface area contributed by atoms with Crippen LogP contribution in [0.1, 0.15) is 11.1 Å². The molecule has 0 spiro atoms. The molecule has 0 atom stereocenters. The van der Waals surface area contributed by atoms with E-state index in [1.54, 1.807) is 24.3 Å². The number of hydrazine groups is 1. The lowest BCUT2D eigenvalue weighted by Gasteiger charge is -2.12. The Morgan fingerprint density at radius 3 is 2.64 bits per heavy atom. The van der Waals surface area contributed by atoms with Crippen molar-refractivity contribution in [1.29, 1.82) is 0 Å². The quantitative estimate of drug-likeness (QED) is 0.291. The van der Waals surface area contributed by atoms with Crippen LogP contribution in [0, 0.1) is 0 Å². The monoisotopic (exact) mass is 415 g/mol. The van der Waals surface area contributed by atoms with Crippen LogP contribution in [-0.2, 0) is 11.0 Å². The fourth-order valence-electron chi connectivity index (χ4n) is 2.14. The van der Waals surface area contributed by atoms with Crippen LogP contribution in [0.3, 0.4) is 0 Å². The van der Waals surface area contributed by atoms with Crippen LogP contribution in [0.25, 0.3) is 0 Å². The summed E-state index contributed by atoms with van der Waals surface area (Å²) in [7, 11) is 1.50. The van der Waals surface area contributed by atoms with E-state index in [1.165, 1.54) is 13.1 Å². The SMILES string of the molecule is CN(N)/N=C(\N)c1cccc(OCC(=O)Nc2ccc(Cl)c(C(F)(F)F)c2)c1. The van der Waals surface area contributed by atoms with Crippen molar-refractivity contribution in [1.82, 2.24) is 5.12 Å². The zero-order valence-electron chi connectivity index (χ0n) is 14.6. The van der Waals surface area contributed by atoms with Gasteiger partial charge in [0.2, 0.25) is 0 Å². The first-order valence-electron chi connectivity index (χ1n) is 7.78. The van der Waals surface area contributed by atoms with Gasteiger partial charge in [-0.25, -0.2) is 11.0 Å². The molecule has 0 heterocycles. The minimum Gasteiger partial charge on any atom is -0.484 e. The summed E-state index contributed by atoms with van der Waals surface area (Å²) in [6.45, 7) is -0.429. The van der Waals surface area contributed by atoms with Crippen molar-refractivity contribution >= 4 is 29.0 Å². The number of ether oxygens (including phenoxy) is 1. The van der Waals surface area contributed by atoms with Gasteiger partial charge in [0.05, 0.1) is 10.6 Å². The highest BCUT2D eigenvalue weighted by molar-refractivity contribution is 6.31. The smallest absolute Gasteiger partial charge is 0.417 e. The highest BCUT2D eigenvalue weighted by atomic mass is 35.5. The number of hydrogen-bond donors (Lipinski definition) is 3. The third-order valence-electron chi connectivity index (χ3n) is 3.32. The van der Waals surface area contributed by atoms with Crippen molar-refractivity contribution in [3.05, 3.63) is 58.6 Å². The molecule has 0 bridgehead atoms. The number of carbonyl (C=O) groups is 1.